The fourth-order valence-electron chi connectivity index (χ4n) is 3.30. The summed E-state index contributed by atoms with van der Waals surface area (Å²) in [6, 6.07) is 8.37. The summed E-state index contributed by atoms with van der Waals surface area (Å²) in [6.07, 6.45) is -3.25. The minimum Gasteiger partial charge on any atom is -0.459 e. The van der Waals surface area contributed by atoms with Crippen LogP contribution in [-0.2, 0) is 15.7 Å². The van der Waals surface area contributed by atoms with Crippen LogP contribution in [0.1, 0.15) is 52.0 Å². The zero-order valence-electron chi connectivity index (χ0n) is 15.9. The maximum absolute atomic E-state index is 12.6. The van der Waals surface area contributed by atoms with Crippen LogP contribution in [0.15, 0.2) is 42.5 Å². The van der Waals surface area contributed by atoms with Crippen molar-refractivity contribution in [3.05, 3.63) is 59.2 Å². The van der Waals surface area contributed by atoms with Crippen molar-refractivity contribution >= 4 is 23.3 Å². The molecule has 1 saturated carbocycles. The number of esters is 2. The van der Waals surface area contributed by atoms with Gasteiger partial charge in [-0.3, -0.25) is 0 Å². The van der Waals surface area contributed by atoms with Gasteiger partial charge in [0.1, 0.15) is 12.2 Å². The van der Waals surface area contributed by atoms with E-state index in [-0.39, 0.29) is 17.2 Å². The fourth-order valence-corrected chi connectivity index (χ4v) is 3.30. The molecule has 0 saturated heterocycles. The first kappa shape index (κ1) is 21.5. The van der Waals surface area contributed by atoms with E-state index >= 15 is 0 Å². The molecule has 4 N–H and O–H groups in total. The lowest BCUT2D eigenvalue weighted by Gasteiger charge is -2.28. The summed E-state index contributed by atoms with van der Waals surface area (Å²) in [6.45, 7) is 0. The van der Waals surface area contributed by atoms with E-state index in [1.807, 2.05) is 0 Å². The van der Waals surface area contributed by atoms with Gasteiger partial charge in [-0.05, 0) is 68.1 Å². The molecule has 2 aromatic rings. The summed E-state index contributed by atoms with van der Waals surface area (Å²) in [5, 5.41) is 0. The molecule has 3 rings (SSSR count). The highest BCUT2D eigenvalue weighted by molar-refractivity contribution is 5.92. The Bertz CT molecular complexity index is 901. The Hall–Kier alpha value is -3.23. The molecule has 0 spiro atoms. The summed E-state index contributed by atoms with van der Waals surface area (Å²) in [7, 11) is 0. The molecule has 0 bridgehead atoms. The number of ether oxygens (including phenoxy) is 2. The van der Waals surface area contributed by atoms with E-state index < -0.39 is 29.8 Å². The lowest BCUT2D eigenvalue weighted by atomic mass is 9.94. The third-order valence-corrected chi connectivity index (χ3v) is 4.83. The van der Waals surface area contributed by atoms with Crippen LogP contribution < -0.4 is 11.5 Å². The van der Waals surface area contributed by atoms with Gasteiger partial charge >= 0.3 is 18.1 Å². The molecule has 0 aliphatic heterocycles. The Labute approximate surface area is 170 Å². The highest BCUT2D eigenvalue weighted by atomic mass is 19.4. The minimum atomic E-state index is -4.46. The number of benzene rings is 2. The van der Waals surface area contributed by atoms with Gasteiger partial charge in [-0.2, -0.15) is 13.2 Å². The van der Waals surface area contributed by atoms with E-state index in [0.29, 0.717) is 37.1 Å². The molecule has 2 aromatic carbocycles. The van der Waals surface area contributed by atoms with Gasteiger partial charge in [0.2, 0.25) is 0 Å². The zero-order valence-corrected chi connectivity index (χ0v) is 15.9. The number of nitrogens with two attached hydrogens (primary N) is 2. The molecule has 0 aromatic heterocycles. The molecule has 0 heterocycles. The van der Waals surface area contributed by atoms with Gasteiger partial charge in [0.25, 0.3) is 0 Å². The molecule has 0 amide bonds. The van der Waals surface area contributed by atoms with E-state index in [4.69, 9.17) is 20.9 Å². The van der Waals surface area contributed by atoms with E-state index in [2.05, 4.69) is 0 Å². The Balaban J connectivity index is 1.49. The Morgan fingerprint density at radius 1 is 0.767 bits per heavy atom. The zero-order chi connectivity index (χ0) is 21.9. The van der Waals surface area contributed by atoms with Crippen molar-refractivity contribution in [3.8, 4) is 0 Å². The molecule has 1 fully saturated rings. The highest BCUT2D eigenvalue weighted by Gasteiger charge is 2.31. The van der Waals surface area contributed by atoms with E-state index in [0.717, 1.165) is 24.3 Å². The number of halogens is 3. The van der Waals surface area contributed by atoms with Gasteiger partial charge in [-0.25, -0.2) is 9.59 Å². The Kier molecular flexibility index (Phi) is 6.19. The number of anilines is 2. The van der Waals surface area contributed by atoms with Crippen LogP contribution in [0.5, 0.6) is 0 Å². The van der Waals surface area contributed by atoms with Crippen LogP contribution in [0.25, 0.3) is 0 Å². The van der Waals surface area contributed by atoms with Crippen LogP contribution in [-0.4, -0.2) is 24.1 Å². The van der Waals surface area contributed by atoms with Crippen molar-refractivity contribution in [2.24, 2.45) is 0 Å². The minimum absolute atomic E-state index is 0.0517. The molecule has 0 radical (unpaired) electrons. The second-order valence-corrected chi connectivity index (χ2v) is 7.17. The van der Waals surface area contributed by atoms with Crippen molar-refractivity contribution in [2.75, 3.05) is 11.5 Å². The monoisotopic (exact) mass is 422 g/mol. The molecule has 160 valence electrons. The number of carbonyl (C=O) groups is 2. The van der Waals surface area contributed by atoms with Gasteiger partial charge < -0.3 is 20.9 Å². The first-order valence-electron chi connectivity index (χ1n) is 9.37. The predicted octanol–water partition coefficient (Wildman–Crippen LogP) is 4.19. The van der Waals surface area contributed by atoms with Crippen molar-refractivity contribution in [1.82, 2.24) is 0 Å². The molecular weight excluding hydrogens is 401 g/mol. The molecule has 1 aliphatic rings. The van der Waals surface area contributed by atoms with Gasteiger partial charge in [0.05, 0.1) is 16.7 Å². The lowest BCUT2D eigenvalue weighted by molar-refractivity contribution is -0.137. The summed E-state index contributed by atoms with van der Waals surface area (Å²) >= 11 is 0. The van der Waals surface area contributed by atoms with Gasteiger partial charge in [0.15, 0.2) is 0 Å². The van der Waals surface area contributed by atoms with Crippen molar-refractivity contribution < 1.29 is 32.2 Å². The maximum atomic E-state index is 12.6. The topological polar surface area (TPSA) is 105 Å². The largest absolute Gasteiger partial charge is 0.459 e. The summed E-state index contributed by atoms with van der Waals surface area (Å²) in [5.74, 6) is -1.21. The van der Waals surface area contributed by atoms with Crippen LogP contribution in [0, 0.1) is 0 Å². The third-order valence-electron chi connectivity index (χ3n) is 4.83. The number of hydrogen-bond donors (Lipinski definition) is 2. The van der Waals surface area contributed by atoms with E-state index in [1.54, 1.807) is 0 Å². The van der Waals surface area contributed by atoms with Gasteiger partial charge in [-0.15, -0.1) is 0 Å². The second-order valence-electron chi connectivity index (χ2n) is 7.17. The summed E-state index contributed by atoms with van der Waals surface area (Å²) in [5.41, 5.74) is 11.6. The highest BCUT2D eigenvalue weighted by Crippen LogP contribution is 2.30. The standard InChI is InChI=1S/C21H21F3N2O4/c22-21(23,24)14-3-1-12(2-4-14)19(27)29-17-5-7-18(8-6-17)30-20(28)13-9-15(25)11-16(26)10-13/h1-4,9-11,17-18H,5-8,25-26H2. The number of alkyl halides is 3. The van der Waals surface area contributed by atoms with Crippen molar-refractivity contribution in [2.45, 2.75) is 44.1 Å². The molecule has 6 nitrogen and oxygen atoms in total. The second kappa shape index (κ2) is 8.64. The van der Waals surface area contributed by atoms with E-state index in [1.165, 1.54) is 18.2 Å². The third kappa shape index (κ3) is 5.43. The Morgan fingerprint density at radius 3 is 1.63 bits per heavy atom. The predicted molar refractivity (Wildman–Crippen MR) is 104 cm³/mol. The van der Waals surface area contributed by atoms with E-state index in [9.17, 15) is 22.8 Å². The van der Waals surface area contributed by atoms with Crippen molar-refractivity contribution in [3.63, 3.8) is 0 Å². The van der Waals surface area contributed by atoms with Crippen molar-refractivity contribution in [1.29, 1.82) is 0 Å². The summed E-state index contributed by atoms with van der Waals surface area (Å²) in [4.78, 5) is 24.4. The molecular formula is C21H21F3N2O4. The quantitative estimate of drug-likeness (QED) is 0.565. The number of hydrogen-bond acceptors (Lipinski definition) is 6. The number of rotatable bonds is 4. The van der Waals surface area contributed by atoms with Crippen LogP contribution in [0.4, 0.5) is 24.5 Å². The maximum Gasteiger partial charge on any atom is 0.416 e. The molecule has 9 heteroatoms. The van der Waals surface area contributed by atoms with Gasteiger partial charge in [0, 0.05) is 11.4 Å². The SMILES string of the molecule is Nc1cc(N)cc(C(=O)OC2CCC(OC(=O)c3ccc(C(F)(F)F)cc3)CC2)c1. The molecule has 30 heavy (non-hydrogen) atoms. The fraction of sp³-hybridized carbons (Fsp3) is 0.333. The Morgan fingerprint density at radius 2 is 1.20 bits per heavy atom. The molecule has 0 atom stereocenters. The first-order chi connectivity index (χ1) is 14.1. The van der Waals surface area contributed by atoms with Crippen LogP contribution in [0.2, 0.25) is 0 Å². The summed E-state index contributed by atoms with van der Waals surface area (Å²) < 4.78 is 48.7. The number of nitrogen functional groups attached to an aromatic ring is 2. The van der Waals surface area contributed by atoms with Crippen LogP contribution >= 0.6 is 0 Å². The molecule has 1 aliphatic carbocycles. The van der Waals surface area contributed by atoms with Gasteiger partial charge in [-0.1, -0.05) is 0 Å². The van der Waals surface area contributed by atoms with Crippen LogP contribution in [0.3, 0.4) is 0 Å². The smallest absolute Gasteiger partial charge is 0.416 e. The number of carbonyl (C=O) groups excluding carboxylic acids is 2. The first-order valence-corrected chi connectivity index (χ1v) is 9.37. The average molecular weight is 422 g/mol. The lowest BCUT2D eigenvalue weighted by Crippen LogP contribution is -2.29. The average Bonchev–Trinajstić information content (AvgIpc) is 2.68. The molecule has 0 unspecified atom stereocenters. The normalized spacial score (nSPS) is 19.2.